The van der Waals surface area contributed by atoms with E-state index in [0.29, 0.717) is 35.4 Å². The molecule has 150 valence electrons. The van der Waals surface area contributed by atoms with E-state index in [1.165, 1.54) is 12.8 Å². The van der Waals surface area contributed by atoms with Gasteiger partial charge in [0.25, 0.3) is 0 Å². The molecule has 2 fully saturated rings. The van der Waals surface area contributed by atoms with Crippen molar-refractivity contribution in [3.8, 4) is 5.88 Å². The first-order valence-corrected chi connectivity index (χ1v) is 10.4. The molecule has 0 bridgehead atoms. The van der Waals surface area contributed by atoms with Crippen LogP contribution < -0.4 is 10.1 Å². The first-order chi connectivity index (χ1) is 12.7. The fourth-order valence-corrected chi connectivity index (χ4v) is 3.52. The van der Waals surface area contributed by atoms with Crippen LogP contribution in [-0.4, -0.2) is 51.8 Å². The quantitative estimate of drug-likeness (QED) is 0.754. The van der Waals surface area contributed by atoms with E-state index in [2.05, 4.69) is 38.1 Å². The van der Waals surface area contributed by atoms with Gasteiger partial charge in [0, 0.05) is 6.04 Å². The van der Waals surface area contributed by atoms with Gasteiger partial charge in [0.1, 0.15) is 11.7 Å². The van der Waals surface area contributed by atoms with Crippen LogP contribution >= 0.6 is 15.9 Å². The van der Waals surface area contributed by atoms with E-state index in [-0.39, 0.29) is 12.2 Å². The Kier molecular flexibility index (Phi) is 6.13. The average molecular weight is 441 g/mol. The van der Waals surface area contributed by atoms with Crippen LogP contribution in [0.15, 0.2) is 10.7 Å². The lowest BCUT2D eigenvalue weighted by molar-refractivity contribution is -0.0234. The molecule has 2 aliphatic rings. The van der Waals surface area contributed by atoms with Crippen molar-refractivity contribution < 1.29 is 14.3 Å². The molecule has 1 saturated carbocycles. The SMILES string of the molecule is CC(C)(C)OC(=O)N1CC(Oc2nc(N[C@H]3CC[C@H](C)CC3)ncc2Br)C1. The molecular weight excluding hydrogens is 412 g/mol. The third-order valence-electron chi connectivity index (χ3n) is 4.84. The minimum atomic E-state index is -0.490. The summed E-state index contributed by atoms with van der Waals surface area (Å²) in [5, 5.41) is 3.42. The zero-order valence-electron chi connectivity index (χ0n) is 16.5. The zero-order chi connectivity index (χ0) is 19.6. The monoisotopic (exact) mass is 440 g/mol. The van der Waals surface area contributed by atoms with Crippen molar-refractivity contribution in [1.82, 2.24) is 14.9 Å². The molecule has 2 heterocycles. The molecule has 1 saturated heterocycles. The highest BCUT2D eigenvalue weighted by atomic mass is 79.9. The smallest absolute Gasteiger partial charge is 0.410 e. The van der Waals surface area contributed by atoms with Crippen LogP contribution in [0.1, 0.15) is 53.4 Å². The molecule has 0 spiro atoms. The molecule has 1 aliphatic carbocycles. The summed E-state index contributed by atoms with van der Waals surface area (Å²) < 4.78 is 12.0. The van der Waals surface area contributed by atoms with Crippen molar-refractivity contribution in [1.29, 1.82) is 0 Å². The Labute approximate surface area is 169 Å². The number of amides is 1. The third-order valence-corrected chi connectivity index (χ3v) is 5.38. The highest BCUT2D eigenvalue weighted by molar-refractivity contribution is 9.10. The number of ether oxygens (including phenoxy) is 2. The van der Waals surface area contributed by atoms with E-state index in [0.717, 1.165) is 18.8 Å². The molecule has 0 unspecified atom stereocenters. The number of hydrogen-bond acceptors (Lipinski definition) is 6. The van der Waals surface area contributed by atoms with Gasteiger partial charge in [0.2, 0.25) is 11.8 Å². The first-order valence-electron chi connectivity index (χ1n) is 9.63. The largest absolute Gasteiger partial charge is 0.470 e. The first kappa shape index (κ1) is 20.2. The van der Waals surface area contributed by atoms with Gasteiger partial charge in [-0.05, 0) is 68.3 Å². The van der Waals surface area contributed by atoms with Gasteiger partial charge < -0.3 is 19.7 Å². The van der Waals surface area contributed by atoms with Crippen molar-refractivity contribution in [2.75, 3.05) is 18.4 Å². The van der Waals surface area contributed by atoms with Gasteiger partial charge >= 0.3 is 6.09 Å². The van der Waals surface area contributed by atoms with Crippen molar-refractivity contribution in [2.45, 2.75) is 71.1 Å². The number of likely N-dealkylation sites (tertiary alicyclic amines) is 1. The van der Waals surface area contributed by atoms with Crippen LogP contribution in [0, 0.1) is 5.92 Å². The molecule has 1 aromatic rings. The Hall–Kier alpha value is -1.57. The van der Waals surface area contributed by atoms with Gasteiger partial charge in [-0.1, -0.05) is 6.92 Å². The number of halogens is 1. The van der Waals surface area contributed by atoms with Crippen LogP contribution in [0.2, 0.25) is 0 Å². The number of nitrogens with zero attached hydrogens (tertiary/aromatic N) is 3. The summed E-state index contributed by atoms with van der Waals surface area (Å²) in [6.07, 6.45) is 6.07. The third kappa shape index (κ3) is 5.70. The second-order valence-corrected chi connectivity index (χ2v) is 9.43. The number of aromatic nitrogens is 2. The Balaban J connectivity index is 1.51. The highest BCUT2D eigenvalue weighted by Crippen LogP contribution is 2.29. The van der Waals surface area contributed by atoms with Gasteiger partial charge in [-0.25, -0.2) is 9.78 Å². The molecule has 1 aliphatic heterocycles. The number of carbonyl (C=O) groups is 1. The van der Waals surface area contributed by atoms with Crippen molar-refractivity contribution >= 4 is 28.0 Å². The molecule has 1 aromatic heterocycles. The molecule has 3 rings (SSSR count). The standard InChI is InChI=1S/C19H29BrN4O3/c1-12-5-7-13(8-6-12)22-17-21-9-15(20)16(23-17)26-14-10-24(11-14)18(25)27-19(2,3)4/h9,12-14H,5-8,10-11H2,1-4H3,(H,21,22,23)/t12-,13-. The summed E-state index contributed by atoms with van der Waals surface area (Å²) in [5.41, 5.74) is -0.490. The molecular formula is C19H29BrN4O3. The highest BCUT2D eigenvalue weighted by Gasteiger charge is 2.35. The average Bonchev–Trinajstić information content (AvgIpc) is 2.53. The number of carbonyl (C=O) groups excluding carboxylic acids is 1. The van der Waals surface area contributed by atoms with Crippen LogP contribution in [0.5, 0.6) is 5.88 Å². The Morgan fingerprint density at radius 3 is 2.56 bits per heavy atom. The summed E-state index contributed by atoms with van der Waals surface area (Å²) >= 11 is 3.45. The van der Waals surface area contributed by atoms with E-state index in [1.54, 1.807) is 11.1 Å². The Morgan fingerprint density at radius 1 is 1.26 bits per heavy atom. The number of anilines is 1. The summed E-state index contributed by atoms with van der Waals surface area (Å²) in [4.78, 5) is 22.5. The normalized spacial score (nSPS) is 23.5. The maximum atomic E-state index is 12.0. The van der Waals surface area contributed by atoms with E-state index in [1.807, 2.05) is 20.8 Å². The molecule has 27 heavy (non-hydrogen) atoms. The molecule has 0 aromatic carbocycles. The maximum Gasteiger partial charge on any atom is 0.410 e. The fourth-order valence-electron chi connectivity index (χ4n) is 3.24. The fraction of sp³-hybridized carbons (Fsp3) is 0.737. The lowest BCUT2D eigenvalue weighted by Crippen LogP contribution is -2.57. The van der Waals surface area contributed by atoms with Gasteiger partial charge in [-0.3, -0.25) is 0 Å². The van der Waals surface area contributed by atoms with E-state index in [4.69, 9.17) is 9.47 Å². The Morgan fingerprint density at radius 2 is 1.93 bits per heavy atom. The molecule has 7 nitrogen and oxygen atoms in total. The van der Waals surface area contributed by atoms with Crippen molar-refractivity contribution in [2.24, 2.45) is 5.92 Å². The second-order valence-electron chi connectivity index (χ2n) is 8.57. The van der Waals surface area contributed by atoms with E-state index < -0.39 is 5.60 Å². The summed E-state index contributed by atoms with van der Waals surface area (Å²) in [7, 11) is 0. The summed E-state index contributed by atoms with van der Waals surface area (Å²) in [6.45, 7) is 8.87. The summed E-state index contributed by atoms with van der Waals surface area (Å²) in [5.74, 6) is 1.90. The van der Waals surface area contributed by atoms with Gasteiger partial charge in [-0.15, -0.1) is 0 Å². The van der Waals surface area contributed by atoms with Crippen LogP contribution in [-0.2, 0) is 4.74 Å². The molecule has 8 heteroatoms. The van der Waals surface area contributed by atoms with Gasteiger partial charge in [0.15, 0.2) is 0 Å². The minimum Gasteiger partial charge on any atom is -0.470 e. The van der Waals surface area contributed by atoms with Crippen molar-refractivity contribution in [3.63, 3.8) is 0 Å². The van der Waals surface area contributed by atoms with Gasteiger partial charge in [-0.2, -0.15) is 4.98 Å². The number of hydrogen-bond donors (Lipinski definition) is 1. The summed E-state index contributed by atoms with van der Waals surface area (Å²) in [6, 6.07) is 0.418. The van der Waals surface area contributed by atoms with Crippen LogP contribution in [0.25, 0.3) is 0 Å². The lowest BCUT2D eigenvalue weighted by Gasteiger charge is -2.39. The lowest BCUT2D eigenvalue weighted by atomic mass is 9.87. The predicted molar refractivity (Wildman–Crippen MR) is 107 cm³/mol. The predicted octanol–water partition coefficient (Wildman–Crippen LogP) is 4.23. The van der Waals surface area contributed by atoms with Gasteiger partial charge in [0.05, 0.1) is 23.8 Å². The topological polar surface area (TPSA) is 76.6 Å². The molecule has 1 N–H and O–H groups in total. The van der Waals surface area contributed by atoms with E-state index >= 15 is 0 Å². The minimum absolute atomic E-state index is 0.0906. The molecule has 1 amide bonds. The maximum absolute atomic E-state index is 12.0. The van der Waals surface area contributed by atoms with Crippen LogP contribution in [0.4, 0.5) is 10.7 Å². The van der Waals surface area contributed by atoms with E-state index in [9.17, 15) is 4.79 Å². The second kappa shape index (κ2) is 8.20. The Bertz CT molecular complexity index is 665. The van der Waals surface area contributed by atoms with Crippen molar-refractivity contribution in [3.05, 3.63) is 10.7 Å². The molecule has 0 radical (unpaired) electrons. The van der Waals surface area contributed by atoms with Crippen LogP contribution in [0.3, 0.4) is 0 Å². The number of nitrogens with one attached hydrogen (secondary N) is 1. The molecule has 0 atom stereocenters. The number of rotatable bonds is 4. The zero-order valence-corrected chi connectivity index (χ0v) is 18.1.